The van der Waals surface area contributed by atoms with Gasteiger partial charge in [0.15, 0.2) is 9.84 Å². The van der Waals surface area contributed by atoms with Crippen molar-refractivity contribution in [3.05, 3.63) is 29.3 Å². The zero-order valence-corrected chi connectivity index (χ0v) is 13.9. The van der Waals surface area contributed by atoms with E-state index in [1.54, 1.807) is 24.3 Å². The van der Waals surface area contributed by atoms with Crippen molar-refractivity contribution in [3.8, 4) is 0 Å². The fraction of sp³-hybridized carbons (Fsp3) is 0.600. The van der Waals surface area contributed by atoms with Crippen molar-refractivity contribution in [3.63, 3.8) is 0 Å². The maximum atomic E-state index is 12.3. The minimum atomic E-state index is -3.25. The third kappa shape index (κ3) is 4.95. The monoisotopic (exact) mass is 331 g/mol. The maximum Gasteiger partial charge on any atom is 0.179 e. The molecule has 1 saturated heterocycles. The highest BCUT2D eigenvalue weighted by molar-refractivity contribution is 7.91. The van der Waals surface area contributed by atoms with Crippen molar-refractivity contribution in [1.82, 2.24) is 4.90 Å². The Morgan fingerprint density at radius 3 is 2.71 bits per heavy atom. The molecule has 1 aliphatic rings. The number of benzene rings is 1. The molecule has 2 rings (SSSR count). The van der Waals surface area contributed by atoms with Gasteiger partial charge in [-0.25, -0.2) is 8.42 Å². The van der Waals surface area contributed by atoms with E-state index in [1.807, 2.05) is 6.92 Å². The first-order valence-corrected chi connectivity index (χ1v) is 9.36. The Morgan fingerprint density at radius 2 is 2.05 bits per heavy atom. The maximum absolute atomic E-state index is 12.3. The summed E-state index contributed by atoms with van der Waals surface area (Å²) in [6.45, 7) is 5.02. The number of piperidine rings is 1. The smallest absolute Gasteiger partial charge is 0.179 e. The van der Waals surface area contributed by atoms with Crippen LogP contribution in [0.25, 0.3) is 0 Å². The van der Waals surface area contributed by atoms with Crippen LogP contribution in [0.5, 0.6) is 0 Å². The third-order valence-electron chi connectivity index (χ3n) is 3.71. The molecule has 1 atom stereocenters. The van der Waals surface area contributed by atoms with Gasteiger partial charge >= 0.3 is 0 Å². The summed E-state index contributed by atoms with van der Waals surface area (Å²) >= 11 is 5.79. The first kappa shape index (κ1) is 16.7. The summed E-state index contributed by atoms with van der Waals surface area (Å²) in [5.74, 6) is 0.132. The Bertz CT molecular complexity index is 543. The Labute approximate surface area is 132 Å². The van der Waals surface area contributed by atoms with Gasteiger partial charge in [0, 0.05) is 24.7 Å². The first-order chi connectivity index (χ1) is 10.0. The van der Waals surface area contributed by atoms with Crippen LogP contribution in [-0.2, 0) is 14.6 Å². The van der Waals surface area contributed by atoms with Gasteiger partial charge in [-0.3, -0.25) is 4.90 Å². The topological polar surface area (TPSA) is 46.6 Å². The van der Waals surface area contributed by atoms with E-state index in [1.165, 1.54) is 0 Å². The van der Waals surface area contributed by atoms with E-state index in [4.69, 9.17) is 16.3 Å². The number of likely N-dealkylation sites (tertiary alicyclic amines) is 1. The predicted molar refractivity (Wildman–Crippen MR) is 84.6 cm³/mol. The number of halogens is 1. The summed E-state index contributed by atoms with van der Waals surface area (Å²) in [7, 11) is -3.25. The second-order valence-corrected chi connectivity index (χ2v) is 7.84. The average Bonchev–Trinajstić information content (AvgIpc) is 2.47. The van der Waals surface area contributed by atoms with Crippen molar-refractivity contribution in [2.45, 2.75) is 30.8 Å². The van der Waals surface area contributed by atoms with E-state index in [9.17, 15) is 8.42 Å². The van der Waals surface area contributed by atoms with E-state index >= 15 is 0 Å². The van der Waals surface area contributed by atoms with Crippen molar-refractivity contribution in [2.75, 3.05) is 32.0 Å². The number of rotatable bonds is 6. The van der Waals surface area contributed by atoms with Gasteiger partial charge < -0.3 is 4.74 Å². The summed E-state index contributed by atoms with van der Waals surface area (Å²) in [4.78, 5) is 2.52. The number of sulfone groups is 1. The highest BCUT2D eigenvalue weighted by atomic mass is 35.5. The second-order valence-electron chi connectivity index (χ2n) is 5.29. The largest absolute Gasteiger partial charge is 0.377 e. The molecule has 0 amide bonds. The lowest BCUT2D eigenvalue weighted by Crippen LogP contribution is -2.41. The van der Waals surface area contributed by atoms with Crippen molar-refractivity contribution in [1.29, 1.82) is 0 Å². The summed E-state index contributed by atoms with van der Waals surface area (Å²) in [5.41, 5.74) is 0. The Balaban J connectivity index is 1.91. The van der Waals surface area contributed by atoms with Gasteiger partial charge in [-0.1, -0.05) is 11.6 Å². The number of hydrogen-bond donors (Lipinski definition) is 0. The number of ether oxygens (including phenoxy) is 1. The zero-order chi connectivity index (χ0) is 15.3. The van der Waals surface area contributed by atoms with E-state index in [-0.39, 0.29) is 11.9 Å². The Kier molecular flexibility index (Phi) is 6.05. The van der Waals surface area contributed by atoms with Crippen molar-refractivity contribution in [2.24, 2.45) is 0 Å². The molecule has 0 aromatic heterocycles. The molecule has 4 nitrogen and oxygen atoms in total. The summed E-state index contributed by atoms with van der Waals surface area (Å²) in [6.07, 6.45) is 2.36. The lowest BCUT2D eigenvalue weighted by molar-refractivity contribution is 0.00770. The van der Waals surface area contributed by atoms with Gasteiger partial charge in [-0.05, 0) is 50.6 Å². The standard InChI is InChI=1S/C15H22ClNO3S/c1-2-20-14-4-3-9-17(12-14)10-11-21(18,19)15-7-5-13(16)6-8-15/h5-8,14H,2-4,9-12H2,1H3. The van der Waals surface area contributed by atoms with Crippen LogP contribution in [-0.4, -0.2) is 51.4 Å². The minimum absolute atomic E-state index is 0.132. The fourth-order valence-corrected chi connectivity index (χ4v) is 4.01. The quantitative estimate of drug-likeness (QED) is 0.804. The minimum Gasteiger partial charge on any atom is -0.377 e. The fourth-order valence-electron chi connectivity index (χ4n) is 2.60. The van der Waals surface area contributed by atoms with E-state index in [0.717, 1.165) is 25.9 Å². The highest BCUT2D eigenvalue weighted by Crippen LogP contribution is 2.17. The van der Waals surface area contributed by atoms with Crippen LogP contribution in [0.1, 0.15) is 19.8 Å². The molecule has 118 valence electrons. The molecule has 1 heterocycles. The van der Waals surface area contributed by atoms with Crippen LogP contribution >= 0.6 is 11.6 Å². The molecule has 6 heteroatoms. The molecule has 0 aliphatic carbocycles. The van der Waals surface area contributed by atoms with E-state index in [0.29, 0.717) is 23.1 Å². The van der Waals surface area contributed by atoms with Gasteiger partial charge in [0.05, 0.1) is 16.8 Å². The van der Waals surface area contributed by atoms with E-state index in [2.05, 4.69) is 4.90 Å². The van der Waals surface area contributed by atoms with Crippen molar-refractivity contribution < 1.29 is 13.2 Å². The molecule has 21 heavy (non-hydrogen) atoms. The number of hydrogen-bond acceptors (Lipinski definition) is 4. The lowest BCUT2D eigenvalue weighted by Gasteiger charge is -2.32. The molecule has 1 aliphatic heterocycles. The molecule has 0 saturated carbocycles. The SMILES string of the molecule is CCOC1CCCN(CCS(=O)(=O)c2ccc(Cl)cc2)C1. The van der Waals surface area contributed by atoms with Crippen LogP contribution in [0.15, 0.2) is 29.2 Å². The molecular weight excluding hydrogens is 310 g/mol. The van der Waals surface area contributed by atoms with Crippen LogP contribution in [0.2, 0.25) is 5.02 Å². The molecule has 1 fully saturated rings. The van der Waals surface area contributed by atoms with Crippen LogP contribution in [0, 0.1) is 0 Å². The molecule has 0 spiro atoms. The van der Waals surface area contributed by atoms with Gasteiger partial charge in [-0.2, -0.15) is 0 Å². The first-order valence-electron chi connectivity index (χ1n) is 7.33. The average molecular weight is 332 g/mol. The van der Waals surface area contributed by atoms with Gasteiger partial charge in [0.25, 0.3) is 0 Å². The van der Waals surface area contributed by atoms with Gasteiger partial charge in [-0.15, -0.1) is 0 Å². The van der Waals surface area contributed by atoms with Crippen LogP contribution in [0.4, 0.5) is 0 Å². The zero-order valence-electron chi connectivity index (χ0n) is 12.3. The van der Waals surface area contributed by atoms with E-state index < -0.39 is 9.84 Å². The van der Waals surface area contributed by atoms with Crippen molar-refractivity contribution >= 4 is 21.4 Å². The lowest BCUT2D eigenvalue weighted by atomic mass is 10.1. The molecule has 1 aromatic rings. The predicted octanol–water partition coefficient (Wildman–Crippen LogP) is 2.61. The molecule has 0 bridgehead atoms. The molecule has 0 N–H and O–H groups in total. The molecular formula is C15H22ClNO3S. The molecule has 1 aromatic carbocycles. The normalized spacial score (nSPS) is 20.6. The summed E-state index contributed by atoms with van der Waals surface area (Å²) in [6, 6.07) is 6.36. The third-order valence-corrected chi connectivity index (χ3v) is 5.68. The Hall–Kier alpha value is -0.620. The highest BCUT2D eigenvalue weighted by Gasteiger charge is 2.22. The van der Waals surface area contributed by atoms with Gasteiger partial charge in [0.2, 0.25) is 0 Å². The van der Waals surface area contributed by atoms with Crippen LogP contribution < -0.4 is 0 Å². The van der Waals surface area contributed by atoms with Crippen LogP contribution in [0.3, 0.4) is 0 Å². The molecule has 0 radical (unpaired) electrons. The second kappa shape index (κ2) is 7.58. The summed E-state index contributed by atoms with van der Waals surface area (Å²) in [5, 5.41) is 0.546. The number of nitrogens with zero attached hydrogens (tertiary/aromatic N) is 1. The molecule has 1 unspecified atom stereocenters. The summed E-state index contributed by atoms with van der Waals surface area (Å²) < 4.78 is 30.2. The van der Waals surface area contributed by atoms with Gasteiger partial charge in [0.1, 0.15) is 0 Å². The Morgan fingerprint density at radius 1 is 1.33 bits per heavy atom.